The molecule has 2 nitrogen and oxygen atoms in total. The van der Waals surface area contributed by atoms with Gasteiger partial charge in [0, 0.05) is 18.0 Å². The Bertz CT molecular complexity index is 802. The van der Waals surface area contributed by atoms with Crippen molar-refractivity contribution in [3.05, 3.63) is 81.9 Å². The Hall–Kier alpha value is -1.77. The van der Waals surface area contributed by atoms with Crippen LogP contribution in [0, 0.1) is 0 Å². The molecule has 0 bridgehead atoms. The largest absolute Gasteiger partial charge is 0.331 e. The minimum Gasteiger partial charge on any atom is -0.331 e. The van der Waals surface area contributed by atoms with E-state index in [1.807, 2.05) is 47.4 Å². The van der Waals surface area contributed by atoms with Gasteiger partial charge in [0.25, 0.3) is 5.91 Å². The summed E-state index contributed by atoms with van der Waals surface area (Å²) in [7, 11) is 0. The third-order valence-corrected chi connectivity index (χ3v) is 5.48. The molecule has 0 aromatic heterocycles. The number of halogens is 2. The third kappa shape index (κ3) is 3.33. The van der Waals surface area contributed by atoms with Gasteiger partial charge >= 0.3 is 0 Å². The van der Waals surface area contributed by atoms with E-state index in [-0.39, 0.29) is 17.9 Å². The normalized spacial score (nSPS) is 17.5. The molecule has 3 rings (SSSR count). The molecule has 0 saturated carbocycles. The Labute approximate surface area is 159 Å². The van der Waals surface area contributed by atoms with Crippen molar-refractivity contribution in [1.29, 1.82) is 0 Å². The average molecular weight is 374 g/mol. The molecule has 4 heteroatoms. The smallest absolute Gasteiger partial charge is 0.254 e. The van der Waals surface area contributed by atoms with Gasteiger partial charge in [-0.1, -0.05) is 60.5 Å². The first-order valence-electron chi connectivity index (χ1n) is 8.54. The summed E-state index contributed by atoms with van der Waals surface area (Å²) in [6.07, 6.45) is 3.57. The maximum absolute atomic E-state index is 12.9. The van der Waals surface area contributed by atoms with Gasteiger partial charge in [-0.2, -0.15) is 0 Å². The number of fused-ring (bicyclic) bond motifs is 1. The van der Waals surface area contributed by atoms with Crippen LogP contribution in [0.1, 0.15) is 53.2 Å². The number of carbonyl (C=O) groups excluding carboxylic acids is 1. The molecule has 0 aliphatic carbocycles. The Morgan fingerprint density at radius 1 is 1.20 bits per heavy atom. The first-order valence-corrected chi connectivity index (χ1v) is 9.29. The molecule has 2 unspecified atom stereocenters. The number of benzene rings is 2. The van der Waals surface area contributed by atoms with Crippen molar-refractivity contribution in [3.8, 4) is 0 Å². The molecule has 2 aromatic rings. The fourth-order valence-electron chi connectivity index (χ4n) is 3.68. The Morgan fingerprint density at radius 3 is 2.64 bits per heavy atom. The summed E-state index contributed by atoms with van der Waals surface area (Å²) in [6, 6.07) is 13.6. The number of carbonyl (C=O) groups is 1. The number of nitrogens with zero attached hydrogens (tertiary/aromatic N) is 1. The molecule has 1 amide bonds. The van der Waals surface area contributed by atoms with Crippen molar-refractivity contribution < 1.29 is 4.79 Å². The van der Waals surface area contributed by atoms with Crippen LogP contribution in [-0.2, 0) is 0 Å². The second kappa shape index (κ2) is 7.63. The van der Waals surface area contributed by atoms with Crippen molar-refractivity contribution in [3.63, 3.8) is 0 Å². The molecule has 1 heterocycles. The van der Waals surface area contributed by atoms with Gasteiger partial charge in [0.1, 0.15) is 0 Å². The van der Waals surface area contributed by atoms with E-state index in [0.717, 1.165) is 36.1 Å². The Morgan fingerprint density at radius 2 is 1.96 bits per heavy atom. The highest BCUT2D eigenvalue weighted by Crippen LogP contribution is 2.45. The highest BCUT2D eigenvalue weighted by atomic mass is 35.5. The van der Waals surface area contributed by atoms with Crippen LogP contribution in [0.5, 0.6) is 0 Å². The number of rotatable bonds is 6. The number of allylic oxidation sites excluding steroid dienone is 1. The lowest BCUT2D eigenvalue weighted by Gasteiger charge is -2.32. The van der Waals surface area contributed by atoms with Gasteiger partial charge in [0.2, 0.25) is 0 Å². The Balaban J connectivity index is 2.11. The van der Waals surface area contributed by atoms with Crippen molar-refractivity contribution in [2.75, 3.05) is 6.54 Å². The molecule has 130 valence electrons. The molecule has 25 heavy (non-hydrogen) atoms. The maximum Gasteiger partial charge on any atom is 0.254 e. The van der Waals surface area contributed by atoms with E-state index >= 15 is 0 Å². The summed E-state index contributed by atoms with van der Waals surface area (Å²) < 4.78 is 0. The van der Waals surface area contributed by atoms with Crippen molar-refractivity contribution in [2.24, 2.45) is 0 Å². The third-order valence-electron chi connectivity index (χ3n) is 4.74. The monoisotopic (exact) mass is 373 g/mol. The minimum absolute atomic E-state index is 0.0149. The molecule has 0 spiro atoms. The van der Waals surface area contributed by atoms with Gasteiger partial charge in [0.05, 0.1) is 16.1 Å². The average Bonchev–Trinajstić information content (AvgIpc) is 2.89. The predicted molar refractivity (Wildman–Crippen MR) is 105 cm³/mol. The van der Waals surface area contributed by atoms with E-state index in [9.17, 15) is 4.79 Å². The van der Waals surface area contributed by atoms with Crippen molar-refractivity contribution >= 4 is 29.1 Å². The summed E-state index contributed by atoms with van der Waals surface area (Å²) in [6.45, 7) is 6.74. The fraction of sp³-hybridized carbons (Fsp3) is 0.286. The quantitative estimate of drug-likeness (QED) is 0.547. The second-order valence-electron chi connectivity index (χ2n) is 6.34. The lowest BCUT2D eigenvalue weighted by molar-refractivity contribution is 0.0701. The van der Waals surface area contributed by atoms with Gasteiger partial charge in [-0.3, -0.25) is 4.79 Å². The summed E-state index contributed by atoms with van der Waals surface area (Å²) in [4.78, 5) is 14.9. The van der Waals surface area contributed by atoms with E-state index in [2.05, 4.69) is 19.6 Å². The molecule has 0 saturated heterocycles. The van der Waals surface area contributed by atoms with E-state index in [0.29, 0.717) is 10.0 Å². The summed E-state index contributed by atoms with van der Waals surface area (Å²) in [5, 5.41) is 1.07. The van der Waals surface area contributed by atoms with E-state index < -0.39 is 0 Å². The van der Waals surface area contributed by atoms with Crippen LogP contribution in [0.2, 0.25) is 10.0 Å². The number of hydrogen-bond donors (Lipinski definition) is 0. The lowest BCUT2D eigenvalue weighted by Crippen LogP contribution is -2.32. The van der Waals surface area contributed by atoms with Gasteiger partial charge in [0.15, 0.2) is 0 Å². The zero-order valence-corrected chi connectivity index (χ0v) is 15.7. The van der Waals surface area contributed by atoms with Crippen LogP contribution in [0.25, 0.3) is 0 Å². The fourth-order valence-corrected chi connectivity index (χ4v) is 3.99. The predicted octanol–water partition coefficient (Wildman–Crippen LogP) is 6.26. The SMILES string of the molecule is C=CCC(c1ccc(Cl)c(Cl)c1)C1c2ccccc2C(=O)N1CCC. The standard InChI is InChI=1S/C21H21Cl2NO/c1-3-7-15(14-10-11-18(22)19(23)13-14)20-16-8-5-6-9-17(16)21(25)24(20)12-4-2/h3,5-6,8-11,13,15,20H,1,4,7,12H2,2H3. The number of hydrogen-bond acceptors (Lipinski definition) is 1. The molecule has 1 aliphatic rings. The van der Waals surface area contributed by atoms with Crippen LogP contribution in [0.4, 0.5) is 0 Å². The van der Waals surface area contributed by atoms with Crippen LogP contribution < -0.4 is 0 Å². The maximum atomic E-state index is 12.9. The van der Waals surface area contributed by atoms with Crippen molar-refractivity contribution in [1.82, 2.24) is 4.90 Å². The second-order valence-corrected chi connectivity index (χ2v) is 7.15. The molecular weight excluding hydrogens is 353 g/mol. The van der Waals surface area contributed by atoms with Gasteiger partial charge in [-0.15, -0.1) is 6.58 Å². The minimum atomic E-state index is -0.0149. The zero-order chi connectivity index (χ0) is 18.0. The summed E-state index contributed by atoms with van der Waals surface area (Å²) in [5.41, 5.74) is 2.96. The van der Waals surface area contributed by atoms with Gasteiger partial charge in [-0.25, -0.2) is 0 Å². The molecule has 2 atom stereocenters. The summed E-state index contributed by atoms with van der Waals surface area (Å²) >= 11 is 12.3. The van der Waals surface area contributed by atoms with Crippen LogP contribution in [0.15, 0.2) is 55.1 Å². The first kappa shape index (κ1) is 18.0. The number of amides is 1. The highest BCUT2D eigenvalue weighted by molar-refractivity contribution is 6.42. The summed E-state index contributed by atoms with van der Waals surface area (Å²) in [5.74, 6) is 0.197. The van der Waals surface area contributed by atoms with Crippen molar-refractivity contribution in [2.45, 2.75) is 31.7 Å². The highest BCUT2D eigenvalue weighted by Gasteiger charge is 2.40. The van der Waals surface area contributed by atoms with Crippen LogP contribution in [-0.4, -0.2) is 17.4 Å². The van der Waals surface area contributed by atoms with E-state index in [1.165, 1.54) is 0 Å². The van der Waals surface area contributed by atoms with Gasteiger partial charge < -0.3 is 4.90 Å². The molecule has 0 radical (unpaired) electrons. The first-order chi connectivity index (χ1) is 12.1. The van der Waals surface area contributed by atoms with Gasteiger partial charge in [-0.05, 0) is 42.2 Å². The van der Waals surface area contributed by atoms with Crippen LogP contribution in [0.3, 0.4) is 0 Å². The lowest BCUT2D eigenvalue weighted by atomic mass is 9.84. The zero-order valence-electron chi connectivity index (χ0n) is 14.2. The molecule has 0 N–H and O–H groups in total. The Kier molecular flexibility index (Phi) is 5.51. The molecular formula is C21H21Cl2NO. The van der Waals surface area contributed by atoms with E-state index in [4.69, 9.17) is 23.2 Å². The molecule has 0 fully saturated rings. The topological polar surface area (TPSA) is 20.3 Å². The molecule has 1 aliphatic heterocycles. The molecule has 2 aromatic carbocycles. The van der Waals surface area contributed by atoms with E-state index in [1.54, 1.807) is 0 Å². The van der Waals surface area contributed by atoms with Crippen LogP contribution >= 0.6 is 23.2 Å².